The quantitative estimate of drug-likeness (QED) is 0.178. The van der Waals surface area contributed by atoms with Crippen LogP contribution in [0.15, 0.2) is 53.4 Å². The average molecular weight is 575 g/mol. The van der Waals surface area contributed by atoms with Gasteiger partial charge in [0.15, 0.2) is 6.29 Å². The number of hydrogen-bond acceptors (Lipinski definition) is 6. The second kappa shape index (κ2) is 16.6. The highest BCUT2D eigenvalue weighted by atomic mass is 32.2. The van der Waals surface area contributed by atoms with Crippen molar-refractivity contribution in [1.82, 2.24) is 9.62 Å². The van der Waals surface area contributed by atoms with Gasteiger partial charge < -0.3 is 25.4 Å². The lowest BCUT2D eigenvalue weighted by molar-refractivity contribution is -0.100. The van der Waals surface area contributed by atoms with Gasteiger partial charge in [-0.05, 0) is 61.2 Å². The summed E-state index contributed by atoms with van der Waals surface area (Å²) in [4.78, 5) is 12.4. The lowest BCUT2D eigenvalue weighted by Crippen LogP contribution is -2.42. The molecular formula is C30H46N4O5S. The van der Waals surface area contributed by atoms with E-state index in [1.807, 2.05) is 24.3 Å². The summed E-state index contributed by atoms with van der Waals surface area (Å²) in [6.07, 6.45) is 8.83. The highest BCUT2D eigenvalue weighted by Gasteiger charge is 2.29. The number of methoxy groups -OCH3 is 2. The number of carbonyl (C=O) groups is 1. The summed E-state index contributed by atoms with van der Waals surface area (Å²) in [6, 6.07) is 14.5. The number of hydrogen-bond donors (Lipinski definition) is 3. The van der Waals surface area contributed by atoms with Gasteiger partial charge in [0, 0.05) is 57.7 Å². The predicted octanol–water partition coefficient (Wildman–Crippen LogP) is 5.60. The number of anilines is 2. The minimum atomic E-state index is -3.60. The summed E-state index contributed by atoms with van der Waals surface area (Å²) in [5.41, 5.74) is 2.69. The van der Waals surface area contributed by atoms with E-state index in [4.69, 9.17) is 9.47 Å². The van der Waals surface area contributed by atoms with Gasteiger partial charge in [-0.2, -0.15) is 4.31 Å². The summed E-state index contributed by atoms with van der Waals surface area (Å²) in [5.74, 6) is 0. The van der Waals surface area contributed by atoms with E-state index in [0.29, 0.717) is 31.7 Å². The van der Waals surface area contributed by atoms with E-state index in [1.165, 1.54) is 25.7 Å². The molecule has 2 amide bonds. The fraction of sp³-hybridized carbons (Fsp3) is 0.567. The maximum Gasteiger partial charge on any atom is 0.319 e. The molecule has 3 N–H and O–H groups in total. The molecule has 10 heteroatoms. The molecule has 1 fully saturated rings. The summed E-state index contributed by atoms with van der Waals surface area (Å²) in [6.45, 7) is 3.72. The molecule has 0 unspecified atom stereocenters. The Morgan fingerprint density at radius 1 is 0.900 bits per heavy atom. The number of ether oxygens (including phenoxy) is 2. The van der Waals surface area contributed by atoms with Crippen molar-refractivity contribution >= 4 is 27.4 Å². The number of piperidine rings is 1. The summed E-state index contributed by atoms with van der Waals surface area (Å²) in [5, 5.41) is 9.17. The van der Waals surface area contributed by atoms with E-state index in [-0.39, 0.29) is 23.3 Å². The Labute approximate surface area is 240 Å². The minimum Gasteiger partial charge on any atom is -0.382 e. The van der Waals surface area contributed by atoms with E-state index < -0.39 is 10.0 Å². The molecule has 1 saturated heterocycles. The number of nitrogens with one attached hydrogen (secondary N) is 3. The zero-order chi connectivity index (χ0) is 28.8. The number of nitrogens with zero attached hydrogens (tertiary/aromatic N) is 1. The van der Waals surface area contributed by atoms with Crippen LogP contribution in [-0.4, -0.2) is 64.9 Å². The van der Waals surface area contributed by atoms with Crippen LogP contribution in [0.5, 0.6) is 0 Å². The zero-order valence-corrected chi connectivity index (χ0v) is 25.0. The molecular weight excluding hydrogens is 528 g/mol. The van der Waals surface area contributed by atoms with Gasteiger partial charge >= 0.3 is 6.03 Å². The van der Waals surface area contributed by atoms with Gasteiger partial charge in [0.2, 0.25) is 10.0 Å². The van der Waals surface area contributed by atoms with E-state index in [1.54, 1.807) is 42.8 Å². The smallest absolute Gasteiger partial charge is 0.319 e. The maximum absolute atomic E-state index is 13.2. The highest BCUT2D eigenvalue weighted by molar-refractivity contribution is 7.89. The molecule has 0 aliphatic carbocycles. The molecule has 40 heavy (non-hydrogen) atoms. The topological polar surface area (TPSA) is 109 Å². The van der Waals surface area contributed by atoms with Gasteiger partial charge in [0.1, 0.15) is 0 Å². The van der Waals surface area contributed by atoms with E-state index >= 15 is 0 Å². The number of carbonyl (C=O) groups excluding carboxylic acids is 1. The Kier molecular flexibility index (Phi) is 13.2. The maximum atomic E-state index is 13.2. The minimum absolute atomic E-state index is 0.199. The number of urea groups is 1. The Morgan fingerprint density at radius 3 is 2.12 bits per heavy atom. The van der Waals surface area contributed by atoms with Crippen LogP contribution in [0.2, 0.25) is 0 Å². The van der Waals surface area contributed by atoms with Crippen molar-refractivity contribution in [3.8, 4) is 0 Å². The molecule has 2 aromatic rings. The Hall–Kier alpha value is -2.66. The molecule has 2 aromatic carbocycles. The SMILES string of the molecule is CCCCCCCCNC(=O)Nc1ccc(S(=O)(=O)N2CCC(Nc3ccc(CC(OC)OC)cc3)CC2)cc1. The molecule has 3 rings (SSSR count). The number of amides is 2. The van der Waals surface area contributed by atoms with Gasteiger partial charge in [-0.15, -0.1) is 0 Å². The standard InChI is InChI=1S/C30H46N4O5S/c1-4-5-6-7-8-9-20-31-30(35)33-26-14-16-28(17-15-26)40(36,37)34-21-18-27(19-22-34)32-25-12-10-24(11-13-25)23-29(38-2)39-3/h10-17,27,29,32H,4-9,18-23H2,1-3H3,(H2,31,33,35). The van der Waals surface area contributed by atoms with Crippen LogP contribution in [0.1, 0.15) is 63.9 Å². The second-order valence-electron chi connectivity index (χ2n) is 10.3. The molecule has 0 aromatic heterocycles. The van der Waals surface area contributed by atoms with Crippen molar-refractivity contribution in [2.75, 3.05) is 44.5 Å². The highest BCUT2D eigenvalue weighted by Crippen LogP contribution is 2.24. The van der Waals surface area contributed by atoms with Gasteiger partial charge in [-0.1, -0.05) is 51.2 Å². The molecule has 9 nitrogen and oxygen atoms in total. The van der Waals surface area contributed by atoms with E-state index in [2.05, 4.69) is 22.9 Å². The van der Waals surface area contributed by atoms with Gasteiger partial charge in [-0.3, -0.25) is 0 Å². The Bertz CT molecular complexity index is 1110. The van der Waals surface area contributed by atoms with Crippen LogP contribution in [0.4, 0.5) is 16.2 Å². The average Bonchev–Trinajstić information content (AvgIpc) is 2.97. The third-order valence-electron chi connectivity index (χ3n) is 7.27. The van der Waals surface area contributed by atoms with Gasteiger partial charge in [0.05, 0.1) is 4.90 Å². The largest absolute Gasteiger partial charge is 0.382 e. The van der Waals surface area contributed by atoms with Crippen molar-refractivity contribution in [3.63, 3.8) is 0 Å². The third kappa shape index (κ3) is 10.1. The molecule has 0 radical (unpaired) electrons. The van der Waals surface area contributed by atoms with Gasteiger partial charge in [-0.25, -0.2) is 13.2 Å². The third-order valence-corrected chi connectivity index (χ3v) is 9.19. The normalized spacial score (nSPS) is 14.8. The van der Waals surface area contributed by atoms with Crippen LogP contribution in [0.3, 0.4) is 0 Å². The monoisotopic (exact) mass is 574 g/mol. The molecule has 0 spiro atoms. The fourth-order valence-corrected chi connectivity index (χ4v) is 6.28. The van der Waals surface area contributed by atoms with Crippen LogP contribution >= 0.6 is 0 Å². The van der Waals surface area contributed by atoms with Crippen LogP contribution in [0, 0.1) is 0 Å². The summed E-state index contributed by atoms with van der Waals surface area (Å²) >= 11 is 0. The number of sulfonamides is 1. The second-order valence-corrected chi connectivity index (χ2v) is 12.2. The summed E-state index contributed by atoms with van der Waals surface area (Å²) in [7, 11) is -0.345. The Morgan fingerprint density at radius 2 is 1.50 bits per heavy atom. The zero-order valence-electron chi connectivity index (χ0n) is 24.2. The van der Waals surface area contributed by atoms with Crippen LogP contribution in [-0.2, 0) is 25.9 Å². The summed E-state index contributed by atoms with van der Waals surface area (Å²) < 4.78 is 38.5. The first-order valence-corrected chi connectivity index (χ1v) is 15.9. The number of benzene rings is 2. The fourth-order valence-electron chi connectivity index (χ4n) is 4.81. The number of rotatable bonds is 16. The van der Waals surface area contributed by atoms with E-state index in [9.17, 15) is 13.2 Å². The lowest BCUT2D eigenvalue weighted by atomic mass is 10.1. The van der Waals surface area contributed by atoms with E-state index in [0.717, 1.165) is 36.9 Å². The van der Waals surface area contributed by atoms with Crippen molar-refractivity contribution < 1.29 is 22.7 Å². The first-order valence-electron chi connectivity index (χ1n) is 14.4. The lowest BCUT2D eigenvalue weighted by Gasteiger charge is -2.32. The molecule has 222 valence electrons. The molecule has 1 aliphatic heterocycles. The molecule has 1 aliphatic rings. The van der Waals surface area contributed by atoms with Crippen molar-refractivity contribution in [2.45, 2.75) is 81.9 Å². The molecule has 0 bridgehead atoms. The van der Waals surface area contributed by atoms with Crippen LogP contribution in [0.25, 0.3) is 0 Å². The van der Waals surface area contributed by atoms with Crippen molar-refractivity contribution in [1.29, 1.82) is 0 Å². The first kappa shape index (κ1) is 31.9. The van der Waals surface area contributed by atoms with Crippen molar-refractivity contribution in [2.24, 2.45) is 0 Å². The first-order chi connectivity index (χ1) is 19.3. The number of unbranched alkanes of at least 4 members (excludes halogenated alkanes) is 5. The van der Waals surface area contributed by atoms with Gasteiger partial charge in [0.25, 0.3) is 0 Å². The molecule has 0 saturated carbocycles. The Balaban J connectivity index is 1.42. The van der Waals surface area contributed by atoms with Crippen LogP contribution < -0.4 is 16.0 Å². The van der Waals surface area contributed by atoms with Crippen molar-refractivity contribution in [3.05, 3.63) is 54.1 Å². The molecule has 0 atom stereocenters. The predicted molar refractivity (Wildman–Crippen MR) is 160 cm³/mol. The molecule has 1 heterocycles.